The third-order valence-electron chi connectivity index (χ3n) is 15.2. The zero-order chi connectivity index (χ0) is 56.6. The monoisotopic (exact) mass is 1080 g/mol. The van der Waals surface area contributed by atoms with Crippen LogP contribution in [0, 0.1) is 0 Å². The Hall–Kier alpha value is -7.46. The summed E-state index contributed by atoms with van der Waals surface area (Å²) in [5.41, 5.74) is 4.28. The normalized spacial score (nSPS) is 11.7. The first-order valence-corrected chi connectivity index (χ1v) is 29.9. The minimum Gasteiger partial charge on any atom is -0.422 e. The summed E-state index contributed by atoms with van der Waals surface area (Å²) >= 11 is 0. The second-order valence-corrected chi connectivity index (χ2v) is 21.5. The molecule has 10 heteroatoms. The van der Waals surface area contributed by atoms with Gasteiger partial charge in [0, 0.05) is 11.1 Å². The summed E-state index contributed by atoms with van der Waals surface area (Å²) in [6, 6.07) is 34.5. The lowest BCUT2D eigenvalue weighted by atomic mass is 9.81. The fourth-order valence-electron chi connectivity index (χ4n) is 10.4. The van der Waals surface area contributed by atoms with Crippen molar-refractivity contribution in [1.82, 2.24) is 0 Å². The summed E-state index contributed by atoms with van der Waals surface area (Å²) in [4.78, 5) is 87.7. The number of anilines is 2. The molecule has 0 aromatic heterocycles. The highest BCUT2D eigenvalue weighted by Gasteiger charge is 2.40. The molecule has 420 valence electrons. The number of hydrogen-bond acceptors (Lipinski definition) is 8. The summed E-state index contributed by atoms with van der Waals surface area (Å²) < 4.78 is 12.1. The van der Waals surface area contributed by atoms with Gasteiger partial charge >= 0.3 is 11.9 Å². The van der Waals surface area contributed by atoms with Crippen molar-refractivity contribution >= 4 is 46.7 Å². The number of carbonyl (C=O) groups excluding carboxylic acids is 6. The zero-order valence-corrected chi connectivity index (χ0v) is 47.8. The molecular formula is C70H82N2O8. The van der Waals surface area contributed by atoms with Gasteiger partial charge in [-0.25, -0.2) is 9.59 Å². The third-order valence-corrected chi connectivity index (χ3v) is 15.2. The Morgan fingerprint density at radius 3 is 0.863 bits per heavy atom. The van der Waals surface area contributed by atoms with E-state index in [1.807, 2.05) is 48.5 Å². The van der Waals surface area contributed by atoms with Gasteiger partial charge in [0.1, 0.15) is 11.5 Å². The first-order valence-electron chi connectivity index (χ1n) is 29.9. The van der Waals surface area contributed by atoms with Crippen molar-refractivity contribution in [2.75, 3.05) is 10.6 Å². The second-order valence-electron chi connectivity index (χ2n) is 21.5. The van der Waals surface area contributed by atoms with Crippen molar-refractivity contribution < 1.29 is 38.2 Å². The molecule has 2 N–H and O–H groups in total. The Balaban J connectivity index is 1.24. The van der Waals surface area contributed by atoms with Crippen LogP contribution in [0.15, 0.2) is 121 Å². The van der Waals surface area contributed by atoms with Gasteiger partial charge in [-0.05, 0) is 146 Å². The average molecular weight is 1080 g/mol. The van der Waals surface area contributed by atoms with Crippen LogP contribution in [0.2, 0.25) is 0 Å². The maximum absolute atomic E-state index is 15.6. The van der Waals surface area contributed by atoms with Crippen LogP contribution >= 0.6 is 0 Å². The molecule has 0 unspecified atom stereocenters. The minimum absolute atomic E-state index is 0.0208. The molecule has 0 fully saturated rings. The Bertz CT molecular complexity index is 2620. The molecule has 6 aromatic carbocycles. The lowest BCUT2D eigenvalue weighted by Gasteiger charge is -2.26. The molecule has 0 radical (unpaired) electrons. The molecule has 7 rings (SSSR count). The lowest BCUT2D eigenvalue weighted by molar-refractivity contribution is 0.0725. The maximum atomic E-state index is 15.6. The molecule has 6 aromatic rings. The van der Waals surface area contributed by atoms with Crippen molar-refractivity contribution in [3.8, 4) is 11.5 Å². The van der Waals surface area contributed by atoms with Crippen LogP contribution < -0.4 is 20.1 Å². The summed E-state index contributed by atoms with van der Waals surface area (Å²) in [5.74, 6) is -4.69. The first-order chi connectivity index (χ1) is 39.0. The van der Waals surface area contributed by atoms with Crippen molar-refractivity contribution in [2.24, 2.45) is 0 Å². The molecule has 0 atom stereocenters. The zero-order valence-electron chi connectivity index (χ0n) is 47.8. The fraction of sp³-hybridized carbons (Fsp3) is 0.400. The standard InChI is InChI=1S/C70H82N2O8/c1-5-9-13-17-21-25-49-29-37-53(38-30-49)67(75)71-57-45-47-59(79-69(77)55-41-33-51(34-42-55)27-23-19-15-11-7-3)63-61(57)65(73)62-58(72-68(76)54-39-31-50(32-40-54)26-22-18-14-10-6-2)46-48-60(64(62)66(63)74)80-70(78)56-43-35-52(36-44-56)28-24-20-16-12-8-4/h29-48H,5-28H2,1-4H3,(H,71,75)(H,72,76). The number of esters is 2. The number of amides is 2. The van der Waals surface area contributed by atoms with Crippen LogP contribution in [0.5, 0.6) is 11.5 Å². The van der Waals surface area contributed by atoms with E-state index in [1.54, 1.807) is 48.5 Å². The van der Waals surface area contributed by atoms with Gasteiger partial charge in [0.15, 0.2) is 5.78 Å². The highest BCUT2D eigenvalue weighted by Crippen LogP contribution is 2.44. The number of ketones is 2. The molecule has 2 amide bonds. The smallest absolute Gasteiger partial charge is 0.343 e. The Morgan fingerprint density at radius 2 is 0.575 bits per heavy atom. The van der Waals surface area contributed by atoms with E-state index in [4.69, 9.17) is 9.47 Å². The van der Waals surface area contributed by atoms with Gasteiger partial charge in [-0.1, -0.05) is 179 Å². The van der Waals surface area contributed by atoms with E-state index in [-0.39, 0.29) is 56.3 Å². The van der Waals surface area contributed by atoms with E-state index in [9.17, 15) is 19.2 Å². The summed E-state index contributed by atoms with van der Waals surface area (Å²) in [6.45, 7) is 8.74. The van der Waals surface area contributed by atoms with E-state index in [1.165, 1.54) is 75.6 Å². The lowest BCUT2D eigenvalue weighted by Crippen LogP contribution is -2.28. The van der Waals surface area contributed by atoms with Gasteiger partial charge < -0.3 is 20.1 Å². The highest BCUT2D eigenvalue weighted by atomic mass is 16.5. The third kappa shape index (κ3) is 16.8. The van der Waals surface area contributed by atoms with Crippen molar-refractivity contribution in [2.45, 2.75) is 182 Å². The number of benzene rings is 6. The van der Waals surface area contributed by atoms with Crippen LogP contribution in [0.4, 0.5) is 11.4 Å². The summed E-state index contributed by atoms with van der Waals surface area (Å²) in [6.07, 6.45) is 26.3. The van der Waals surface area contributed by atoms with Crippen LogP contribution in [-0.4, -0.2) is 35.3 Å². The summed E-state index contributed by atoms with van der Waals surface area (Å²) in [7, 11) is 0. The molecule has 1 aliphatic rings. The van der Waals surface area contributed by atoms with Gasteiger partial charge in [-0.15, -0.1) is 0 Å². The molecule has 0 saturated heterocycles. The van der Waals surface area contributed by atoms with Gasteiger partial charge in [0.2, 0.25) is 5.78 Å². The SMILES string of the molecule is CCCCCCCc1ccc(C(=O)Nc2ccc(OC(=O)c3ccc(CCCCCCC)cc3)c3c2C(=O)c2c(NC(=O)c4ccc(CCCCCCC)cc4)ccc(OC(=O)c4ccc(CCCCCCC)cc4)c2C3=O)cc1. The Morgan fingerprint density at radius 1 is 0.312 bits per heavy atom. The molecule has 0 aliphatic heterocycles. The maximum Gasteiger partial charge on any atom is 0.343 e. The molecule has 0 saturated carbocycles. The number of aryl methyl sites for hydroxylation is 4. The highest BCUT2D eigenvalue weighted by molar-refractivity contribution is 6.35. The van der Waals surface area contributed by atoms with E-state index >= 15 is 9.59 Å². The quantitative estimate of drug-likeness (QED) is 0.0241. The Kier molecular flexibility index (Phi) is 23.6. The van der Waals surface area contributed by atoms with Crippen molar-refractivity contribution in [3.05, 3.63) is 188 Å². The van der Waals surface area contributed by atoms with Gasteiger partial charge in [-0.3, -0.25) is 19.2 Å². The average Bonchev–Trinajstić information content (AvgIpc) is 3.67. The minimum atomic E-state index is -0.823. The van der Waals surface area contributed by atoms with Crippen molar-refractivity contribution in [1.29, 1.82) is 0 Å². The van der Waals surface area contributed by atoms with Crippen molar-refractivity contribution in [3.63, 3.8) is 0 Å². The number of nitrogens with one attached hydrogen (secondary N) is 2. The number of unbranched alkanes of at least 4 members (excludes halogenated alkanes) is 16. The molecule has 10 nitrogen and oxygen atoms in total. The van der Waals surface area contributed by atoms with Crippen LogP contribution in [0.3, 0.4) is 0 Å². The van der Waals surface area contributed by atoms with E-state index in [2.05, 4.69) is 38.3 Å². The van der Waals surface area contributed by atoms with Gasteiger partial charge in [0.25, 0.3) is 11.8 Å². The largest absolute Gasteiger partial charge is 0.422 e. The molecule has 0 bridgehead atoms. The summed E-state index contributed by atoms with van der Waals surface area (Å²) in [5, 5.41) is 5.77. The second kappa shape index (κ2) is 31.4. The molecule has 0 spiro atoms. The topological polar surface area (TPSA) is 145 Å². The predicted octanol–water partition coefficient (Wildman–Crippen LogP) is 17.5. The molecule has 0 heterocycles. The molecule has 80 heavy (non-hydrogen) atoms. The number of hydrogen-bond donors (Lipinski definition) is 2. The Labute approximate surface area is 474 Å². The fourth-order valence-corrected chi connectivity index (χ4v) is 10.4. The predicted molar refractivity (Wildman–Crippen MR) is 321 cm³/mol. The van der Waals surface area contributed by atoms with Crippen LogP contribution in [-0.2, 0) is 25.7 Å². The van der Waals surface area contributed by atoms with Crippen LogP contribution in [0.25, 0.3) is 0 Å². The number of rotatable bonds is 32. The number of fused-ring (bicyclic) bond motifs is 2. The molecular weight excluding hydrogens is 997 g/mol. The van der Waals surface area contributed by atoms with E-state index in [0.717, 1.165) is 125 Å². The van der Waals surface area contributed by atoms with Gasteiger partial charge in [0.05, 0.1) is 44.8 Å². The number of ether oxygens (including phenoxy) is 2. The number of carbonyl (C=O) groups is 6. The van der Waals surface area contributed by atoms with Gasteiger partial charge in [-0.2, -0.15) is 0 Å². The van der Waals surface area contributed by atoms with E-state index in [0.29, 0.717) is 11.1 Å². The van der Waals surface area contributed by atoms with E-state index < -0.39 is 35.3 Å². The molecule has 1 aliphatic carbocycles. The van der Waals surface area contributed by atoms with Crippen LogP contribution in [0.1, 0.15) is 252 Å². The first kappa shape index (κ1) is 60.2.